The maximum atomic E-state index is 12.0. The number of carbonyl (C=O) groups excluding carboxylic acids is 1. The van der Waals surface area contributed by atoms with E-state index in [-0.39, 0.29) is 18.5 Å². The van der Waals surface area contributed by atoms with Gasteiger partial charge in [-0.25, -0.2) is 9.97 Å². The molecular weight excluding hydrogens is 342 g/mol. The first kappa shape index (κ1) is 18.4. The first-order chi connectivity index (χ1) is 13.1. The summed E-state index contributed by atoms with van der Waals surface area (Å²) in [6.07, 6.45) is 3.21. The van der Waals surface area contributed by atoms with E-state index in [2.05, 4.69) is 29.1 Å². The number of hydrogen-bond acceptors (Lipinski definition) is 5. The number of nitrogens with zero attached hydrogens (tertiary/aromatic N) is 2. The summed E-state index contributed by atoms with van der Waals surface area (Å²) < 4.78 is 11.0. The number of hydrogen-bond donors (Lipinski definition) is 1. The zero-order valence-corrected chi connectivity index (χ0v) is 15.3. The molecule has 27 heavy (non-hydrogen) atoms. The molecule has 3 rings (SSSR count). The van der Waals surface area contributed by atoms with Crippen molar-refractivity contribution >= 4 is 11.6 Å². The molecule has 1 amide bonds. The van der Waals surface area contributed by atoms with Crippen molar-refractivity contribution in [3.63, 3.8) is 0 Å². The zero-order chi connectivity index (χ0) is 19.1. The number of anilines is 1. The highest BCUT2D eigenvalue weighted by Crippen LogP contribution is 2.20. The molecule has 6 heteroatoms. The van der Waals surface area contributed by atoms with E-state index < -0.39 is 0 Å². The van der Waals surface area contributed by atoms with Gasteiger partial charge in [0.1, 0.15) is 11.5 Å². The zero-order valence-electron chi connectivity index (χ0n) is 15.3. The van der Waals surface area contributed by atoms with Crippen molar-refractivity contribution in [1.82, 2.24) is 9.97 Å². The maximum Gasteiger partial charge on any atom is 0.321 e. The second-order valence-electron chi connectivity index (χ2n) is 6.22. The number of carbonyl (C=O) groups is 1. The van der Waals surface area contributed by atoms with Gasteiger partial charge in [-0.3, -0.25) is 4.79 Å². The molecule has 0 fully saturated rings. The fraction of sp³-hybridized carbons (Fsp3) is 0.190. The Hall–Kier alpha value is -3.41. The van der Waals surface area contributed by atoms with Crippen LogP contribution in [0.3, 0.4) is 0 Å². The van der Waals surface area contributed by atoms with E-state index in [0.717, 1.165) is 0 Å². The Balaban J connectivity index is 1.49. The Kier molecular flexibility index (Phi) is 5.99. The van der Waals surface area contributed by atoms with Crippen LogP contribution in [0.1, 0.15) is 25.3 Å². The lowest BCUT2D eigenvalue weighted by molar-refractivity contribution is -0.118. The molecule has 1 N–H and O–H groups in total. The summed E-state index contributed by atoms with van der Waals surface area (Å²) in [5.41, 5.74) is 1.88. The molecule has 0 saturated heterocycles. The monoisotopic (exact) mass is 363 g/mol. The third-order valence-corrected chi connectivity index (χ3v) is 3.81. The van der Waals surface area contributed by atoms with Crippen LogP contribution >= 0.6 is 0 Å². The molecule has 0 saturated carbocycles. The number of rotatable bonds is 7. The normalized spacial score (nSPS) is 10.5. The molecule has 1 heterocycles. The van der Waals surface area contributed by atoms with Crippen molar-refractivity contribution in [2.75, 3.05) is 11.9 Å². The fourth-order valence-corrected chi connectivity index (χ4v) is 2.34. The highest BCUT2D eigenvalue weighted by molar-refractivity contribution is 5.91. The molecule has 1 aromatic heterocycles. The van der Waals surface area contributed by atoms with Gasteiger partial charge >= 0.3 is 6.01 Å². The lowest BCUT2D eigenvalue weighted by Gasteiger charge is -2.10. The Bertz CT molecular complexity index is 863. The van der Waals surface area contributed by atoms with Gasteiger partial charge in [0.25, 0.3) is 5.91 Å². The molecule has 0 aliphatic heterocycles. The first-order valence-electron chi connectivity index (χ1n) is 8.68. The van der Waals surface area contributed by atoms with Gasteiger partial charge in [0.15, 0.2) is 6.61 Å². The first-order valence-corrected chi connectivity index (χ1v) is 8.68. The third-order valence-electron chi connectivity index (χ3n) is 3.81. The van der Waals surface area contributed by atoms with Gasteiger partial charge < -0.3 is 14.8 Å². The lowest BCUT2D eigenvalue weighted by atomic mass is 10.0. The van der Waals surface area contributed by atoms with Crippen LogP contribution in [-0.2, 0) is 4.79 Å². The van der Waals surface area contributed by atoms with Crippen LogP contribution in [-0.4, -0.2) is 22.5 Å². The number of aromatic nitrogens is 2. The molecule has 0 spiro atoms. The Labute approximate surface area is 158 Å². The molecule has 0 unspecified atom stereocenters. The standard InChI is InChI=1S/C21H21N3O3/c1-15(2)16-4-8-18(9-5-16)26-14-20(25)24-17-6-10-19(11-7-17)27-21-22-12-3-13-23-21/h3-13,15H,14H2,1-2H3,(H,24,25). The number of amides is 1. The summed E-state index contributed by atoms with van der Waals surface area (Å²) in [7, 11) is 0. The lowest BCUT2D eigenvalue weighted by Crippen LogP contribution is -2.20. The summed E-state index contributed by atoms with van der Waals surface area (Å²) in [6.45, 7) is 4.20. The van der Waals surface area contributed by atoms with Crippen LogP contribution in [0, 0.1) is 0 Å². The number of benzene rings is 2. The largest absolute Gasteiger partial charge is 0.484 e. The Morgan fingerprint density at radius 2 is 1.59 bits per heavy atom. The van der Waals surface area contributed by atoms with E-state index in [1.165, 1.54) is 5.56 Å². The van der Waals surface area contributed by atoms with Gasteiger partial charge in [-0.05, 0) is 53.9 Å². The van der Waals surface area contributed by atoms with Crippen molar-refractivity contribution in [3.8, 4) is 17.5 Å². The minimum atomic E-state index is -0.233. The second kappa shape index (κ2) is 8.80. The van der Waals surface area contributed by atoms with Gasteiger partial charge in [-0.1, -0.05) is 26.0 Å². The summed E-state index contributed by atoms with van der Waals surface area (Å²) in [5.74, 6) is 1.48. The third kappa shape index (κ3) is 5.54. The van der Waals surface area contributed by atoms with E-state index >= 15 is 0 Å². The highest BCUT2D eigenvalue weighted by atomic mass is 16.5. The number of nitrogens with one attached hydrogen (secondary N) is 1. The quantitative estimate of drug-likeness (QED) is 0.673. The molecule has 0 aliphatic carbocycles. The Morgan fingerprint density at radius 3 is 2.22 bits per heavy atom. The van der Waals surface area contributed by atoms with Crippen molar-refractivity contribution in [3.05, 3.63) is 72.6 Å². The van der Waals surface area contributed by atoms with Crippen molar-refractivity contribution in [1.29, 1.82) is 0 Å². The summed E-state index contributed by atoms with van der Waals surface area (Å²) in [6, 6.07) is 16.7. The van der Waals surface area contributed by atoms with Crippen molar-refractivity contribution in [2.45, 2.75) is 19.8 Å². The number of ether oxygens (including phenoxy) is 2. The average Bonchev–Trinajstić information content (AvgIpc) is 2.69. The van der Waals surface area contributed by atoms with E-state index in [1.54, 1.807) is 42.7 Å². The van der Waals surface area contributed by atoms with Gasteiger partial charge in [-0.2, -0.15) is 0 Å². The molecule has 0 radical (unpaired) electrons. The van der Waals surface area contributed by atoms with Gasteiger partial charge in [0, 0.05) is 18.1 Å². The minimum Gasteiger partial charge on any atom is -0.484 e. The fourth-order valence-electron chi connectivity index (χ4n) is 2.34. The van der Waals surface area contributed by atoms with Crippen LogP contribution in [0.5, 0.6) is 17.5 Å². The smallest absolute Gasteiger partial charge is 0.321 e. The van der Waals surface area contributed by atoms with E-state index in [1.807, 2.05) is 24.3 Å². The molecule has 138 valence electrons. The molecule has 3 aromatic rings. The molecule has 2 aromatic carbocycles. The second-order valence-corrected chi connectivity index (χ2v) is 6.22. The van der Waals surface area contributed by atoms with Crippen LogP contribution in [0.25, 0.3) is 0 Å². The van der Waals surface area contributed by atoms with Crippen LogP contribution in [0.15, 0.2) is 67.0 Å². The minimum absolute atomic E-state index is 0.0584. The summed E-state index contributed by atoms with van der Waals surface area (Å²) in [5, 5.41) is 2.78. The topological polar surface area (TPSA) is 73.3 Å². The molecule has 6 nitrogen and oxygen atoms in total. The van der Waals surface area contributed by atoms with Crippen molar-refractivity contribution < 1.29 is 14.3 Å². The van der Waals surface area contributed by atoms with E-state index in [4.69, 9.17) is 9.47 Å². The van der Waals surface area contributed by atoms with Gasteiger partial charge in [0.2, 0.25) is 0 Å². The molecule has 0 atom stereocenters. The van der Waals surface area contributed by atoms with Crippen LogP contribution in [0.4, 0.5) is 5.69 Å². The van der Waals surface area contributed by atoms with Gasteiger partial charge in [-0.15, -0.1) is 0 Å². The van der Waals surface area contributed by atoms with Gasteiger partial charge in [0.05, 0.1) is 0 Å². The average molecular weight is 363 g/mol. The van der Waals surface area contributed by atoms with Crippen LogP contribution in [0.2, 0.25) is 0 Å². The molecule has 0 bridgehead atoms. The van der Waals surface area contributed by atoms with E-state index in [9.17, 15) is 4.79 Å². The van der Waals surface area contributed by atoms with Crippen molar-refractivity contribution in [2.24, 2.45) is 0 Å². The predicted molar refractivity (Wildman–Crippen MR) is 103 cm³/mol. The predicted octanol–water partition coefficient (Wildman–Crippen LogP) is 4.41. The van der Waals surface area contributed by atoms with E-state index in [0.29, 0.717) is 23.1 Å². The van der Waals surface area contributed by atoms with Crippen LogP contribution < -0.4 is 14.8 Å². The molecule has 0 aliphatic rings. The highest BCUT2D eigenvalue weighted by Gasteiger charge is 2.06. The SMILES string of the molecule is CC(C)c1ccc(OCC(=O)Nc2ccc(Oc3ncccn3)cc2)cc1. The summed E-state index contributed by atoms with van der Waals surface area (Å²) >= 11 is 0. The Morgan fingerprint density at radius 1 is 0.963 bits per heavy atom. The maximum absolute atomic E-state index is 12.0. The molecular formula is C21H21N3O3. The summed E-state index contributed by atoms with van der Waals surface area (Å²) in [4.78, 5) is 20.0.